The molecule has 0 saturated heterocycles. The molecule has 4 fully saturated rings. The molecule has 0 unspecified atom stereocenters. The second-order valence-electron chi connectivity index (χ2n) is 9.26. The zero-order chi connectivity index (χ0) is 29.2. The topological polar surface area (TPSA) is 230 Å². The summed E-state index contributed by atoms with van der Waals surface area (Å²) >= 11 is 0. The van der Waals surface area contributed by atoms with Crippen LogP contribution in [0.15, 0.2) is 38.0 Å². The number of aliphatic carboxylic acids is 4. The molecule has 4 rings (SSSR count). The van der Waals surface area contributed by atoms with E-state index >= 15 is 0 Å². The molecule has 37 heavy (non-hydrogen) atoms. The van der Waals surface area contributed by atoms with E-state index in [1.807, 2.05) is 0 Å². The van der Waals surface area contributed by atoms with Gasteiger partial charge in [0.05, 0.1) is 37.3 Å². The van der Waals surface area contributed by atoms with Gasteiger partial charge in [-0.3, -0.25) is 4.79 Å². The fourth-order valence-electron chi connectivity index (χ4n) is 4.67. The maximum absolute atomic E-state index is 11.3. The summed E-state index contributed by atoms with van der Waals surface area (Å²) in [7, 11) is 0. The van der Waals surface area contributed by atoms with Gasteiger partial charge in [-0.25, -0.2) is 14.4 Å². The molecule has 4 aliphatic rings. The van der Waals surface area contributed by atoms with Crippen LogP contribution in [0.25, 0.3) is 0 Å². The molecule has 12 heteroatoms. The lowest BCUT2D eigenvalue weighted by atomic mass is 9.49. The molecule has 0 aromatic carbocycles. The molecule has 0 spiro atoms. The zero-order valence-electron chi connectivity index (χ0n) is 20.9. The molecule has 0 aromatic heterocycles. The predicted molar refractivity (Wildman–Crippen MR) is 133 cm³/mol. The minimum absolute atomic E-state index is 0.283. The molecule has 4 saturated carbocycles. The van der Waals surface area contributed by atoms with Crippen molar-refractivity contribution in [2.45, 2.75) is 38.5 Å². The van der Waals surface area contributed by atoms with Gasteiger partial charge >= 0.3 is 23.9 Å². The Morgan fingerprint density at radius 1 is 0.622 bits per heavy atom. The lowest BCUT2D eigenvalue weighted by Crippen LogP contribution is -2.49. The normalized spacial score (nSPS) is 23.9. The van der Waals surface area contributed by atoms with Crippen LogP contribution in [0.4, 0.5) is 0 Å². The predicted octanol–water partition coefficient (Wildman–Crippen LogP) is 1.00. The molecule has 0 radical (unpaired) electrons. The summed E-state index contributed by atoms with van der Waals surface area (Å²) in [4.78, 5) is 39.0. The Morgan fingerprint density at radius 3 is 0.946 bits per heavy atom. The molecule has 0 heterocycles. The van der Waals surface area contributed by atoms with Crippen molar-refractivity contribution in [3.63, 3.8) is 0 Å². The van der Waals surface area contributed by atoms with E-state index in [1.54, 1.807) is 0 Å². The van der Waals surface area contributed by atoms with Crippen molar-refractivity contribution >= 4 is 23.9 Å². The first-order chi connectivity index (χ1) is 17.2. The number of rotatable bonds is 8. The van der Waals surface area contributed by atoms with E-state index in [1.165, 1.54) is 19.3 Å². The van der Waals surface area contributed by atoms with Crippen molar-refractivity contribution in [1.29, 1.82) is 0 Å². The highest BCUT2D eigenvalue weighted by Gasteiger charge is 2.54. The number of hydrogen-bond donors (Lipinski definition) is 8. The number of carboxylic acid groups (broad SMARTS) is 4. The smallest absolute Gasteiger partial charge is 0.327 e. The summed E-state index contributed by atoms with van der Waals surface area (Å²) in [6.07, 6.45) is 9.42. The largest absolute Gasteiger partial charge is 0.481 e. The summed E-state index contributed by atoms with van der Waals surface area (Å²) in [5, 5.41) is 66.1. The maximum atomic E-state index is 11.3. The Kier molecular flexibility index (Phi) is 17.8. The number of aliphatic hydroxyl groups excluding tert-OH is 4. The van der Waals surface area contributed by atoms with Gasteiger partial charge in [-0.2, -0.15) is 0 Å². The van der Waals surface area contributed by atoms with Gasteiger partial charge in [-0.05, 0) is 56.3 Å². The molecule has 4 aliphatic carbocycles. The van der Waals surface area contributed by atoms with E-state index in [0.717, 1.165) is 55.2 Å². The van der Waals surface area contributed by atoms with Crippen molar-refractivity contribution < 1.29 is 60.0 Å². The standard InChI is InChI=1S/C11H16O2.C5H12O4.3C3H4O2/c12-10(13)11-4-7-1-8(5-11)3-9(2-7)6-11;6-1-5(2-7,3-8)4-9;3*1-2-3(4)5/h7-9H,1-6H2,(H,12,13);6-9H,1-4H2;3*2H,1H2,(H,4,5). The van der Waals surface area contributed by atoms with Gasteiger partial charge in [-0.15, -0.1) is 0 Å². The van der Waals surface area contributed by atoms with Gasteiger partial charge in [0, 0.05) is 18.2 Å². The molecular weight excluding hydrogens is 492 g/mol. The first-order valence-electron chi connectivity index (χ1n) is 11.5. The van der Waals surface area contributed by atoms with Crippen molar-refractivity contribution in [3.05, 3.63) is 38.0 Å². The van der Waals surface area contributed by atoms with Crippen LogP contribution < -0.4 is 0 Å². The van der Waals surface area contributed by atoms with Crippen LogP contribution in [0.3, 0.4) is 0 Å². The Morgan fingerprint density at radius 2 is 0.838 bits per heavy atom. The van der Waals surface area contributed by atoms with Gasteiger partial charge < -0.3 is 40.9 Å². The lowest BCUT2D eigenvalue weighted by molar-refractivity contribution is -0.164. The molecule has 0 aliphatic heterocycles. The lowest BCUT2D eigenvalue weighted by Gasteiger charge is -2.54. The van der Waals surface area contributed by atoms with Crippen LogP contribution in [0, 0.1) is 28.6 Å². The fraction of sp³-hybridized carbons (Fsp3) is 0.600. The minimum Gasteiger partial charge on any atom is -0.481 e. The third kappa shape index (κ3) is 13.7. The molecule has 0 atom stereocenters. The summed E-state index contributed by atoms with van der Waals surface area (Å²) in [5.41, 5.74) is -1.39. The quantitative estimate of drug-likeness (QED) is 0.205. The van der Waals surface area contributed by atoms with Crippen molar-refractivity contribution in [1.82, 2.24) is 0 Å². The van der Waals surface area contributed by atoms with Crippen LogP contribution >= 0.6 is 0 Å². The third-order valence-corrected chi connectivity index (χ3v) is 6.36. The average Bonchev–Trinajstić information content (AvgIpc) is 2.86. The molecular formula is C25H40O12. The van der Waals surface area contributed by atoms with E-state index in [0.29, 0.717) is 0 Å². The molecule has 0 amide bonds. The van der Waals surface area contributed by atoms with Gasteiger partial charge in [0.15, 0.2) is 0 Å². The highest BCUT2D eigenvalue weighted by atomic mass is 16.4. The second kappa shape index (κ2) is 18.2. The summed E-state index contributed by atoms with van der Waals surface area (Å²) < 4.78 is 0. The number of hydrogen-bond acceptors (Lipinski definition) is 8. The average molecular weight is 533 g/mol. The second-order valence-corrected chi connectivity index (χ2v) is 9.26. The van der Waals surface area contributed by atoms with Crippen LogP contribution in [0.2, 0.25) is 0 Å². The van der Waals surface area contributed by atoms with Crippen LogP contribution in [0.5, 0.6) is 0 Å². The first kappa shape index (κ1) is 36.1. The number of carbonyl (C=O) groups is 4. The first-order valence-corrected chi connectivity index (χ1v) is 11.5. The maximum Gasteiger partial charge on any atom is 0.327 e. The summed E-state index contributed by atoms with van der Waals surface area (Å²) in [5.74, 6) is -1.20. The van der Waals surface area contributed by atoms with E-state index in [9.17, 15) is 24.3 Å². The molecule has 0 aromatic rings. The summed E-state index contributed by atoms with van der Waals surface area (Å²) in [6.45, 7) is 7.26. The van der Waals surface area contributed by atoms with Crippen LogP contribution in [-0.4, -0.2) is 91.2 Å². The Balaban J connectivity index is 0. The van der Waals surface area contributed by atoms with Crippen molar-refractivity contribution in [2.24, 2.45) is 28.6 Å². The molecule has 8 N–H and O–H groups in total. The number of carboxylic acids is 4. The monoisotopic (exact) mass is 532 g/mol. The Labute approximate surface area is 215 Å². The van der Waals surface area contributed by atoms with Gasteiger partial charge in [0.1, 0.15) is 0 Å². The third-order valence-electron chi connectivity index (χ3n) is 6.36. The van der Waals surface area contributed by atoms with Crippen LogP contribution in [-0.2, 0) is 19.2 Å². The Hall–Kier alpha value is -3.06. The van der Waals surface area contributed by atoms with E-state index in [2.05, 4.69) is 19.7 Å². The zero-order valence-corrected chi connectivity index (χ0v) is 20.9. The molecule has 4 bridgehead atoms. The van der Waals surface area contributed by atoms with E-state index < -0.39 is 55.7 Å². The van der Waals surface area contributed by atoms with Crippen molar-refractivity contribution in [2.75, 3.05) is 26.4 Å². The molecule has 212 valence electrons. The van der Waals surface area contributed by atoms with Gasteiger partial charge in [0.2, 0.25) is 0 Å². The number of aliphatic hydroxyl groups is 4. The van der Waals surface area contributed by atoms with Crippen molar-refractivity contribution in [3.8, 4) is 0 Å². The Bertz CT molecular complexity index is 674. The highest BCUT2D eigenvalue weighted by molar-refractivity contribution is 5.79. The molecule has 12 nitrogen and oxygen atoms in total. The van der Waals surface area contributed by atoms with Gasteiger partial charge in [-0.1, -0.05) is 19.7 Å². The van der Waals surface area contributed by atoms with Gasteiger partial charge in [0.25, 0.3) is 0 Å². The summed E-state index contributed by atoms with van der Waals surface area (Å²) in [6, 6.07) is 0. The van der Waals surface area contributed by atoms with E-state index in [4.69, 9.17) is 35.7 Å². The fourth-order valence-corrected chi connectivity index (χ4v) is 4.67. The highest BCUT2D eigenvalue weighted by Crippen LogP contribution is 2.60. The SMILES string of the molecule is C=CC(=O)O.C=CC(=O)O.C=CC(=O)O.O=C(O)C12CC3CC(CC(C3)C1)C2.OCC(CO)(CO)CO. The minimum atomic E-state index is -1.11. The van der Waals surface area contributed by atoms with E-state index in [-0.39, 0.29) is 5.41 Å². The van der Waals surface area contributed by atoms with Crippen LogP contribution in [0.1, 0.15) is 38.5 Å².